The molecule has 5 rings (SSSR count). The first kappa shape index (κ1) is 21.6. The summed E-state index contributed by atoms with van der Waals surface area (Å²) in [6.45, 7) is 4.96. The monoisotopic (exact) mass is 459 g/mol. The van der Waals surface area contributed by atoms with E-state index in [1.165, 1.54) is 6.33 Å². The van der Waals surface area contributed by atoms with Crippen LogP contribution in [0.25, 0.3) is 16.9 Å². The van der Waals surface area contributed by atoms with Crippen molar-refractivity contribution in [1.29, 1.82) is 0 Å². The number of para-hydroxylation sites is 1. The summed E-state index contributed by atoms with van der Waals surface area (Å²) in [6.07, 6.45) is 1.53. The molecule has 2 aromatic heterocycles. The number of carbonyl (C=O) groups excluding carboxylic acids is 1. The first-order valence-electron chi connectivity index (χ1n) is 11.2. The van der Waals surface area contributed by atoms with Crippen LogP contribution in [0.1, 0.15) is 6.92 Å². The first-order chi connectivity index (χ1) is 16.7. The van der Waals surface area contributed by atoms with Crippen molar-refractivity contribution in [3.8, 4) is 17.2 Å². The van der Waals surface area contributed by atoms with Gasteiger partial charge in [0.05, 0.1) is 12.3 Å². The van der Waals surface area contributed by atoms with Gasteiger partial charge < -0.3 is 19.3 Å². The van der Waals surface area contributed by atoms with Crippen LogP contribution in [0.15, 0.2) is 60.9 Å². The van der Waals surface area contributed by atoms with Crippen molar-refractivity contribution in [1.82, 2.24) is 29.9 Å². The molecular formula is C24H25N7O3. The van der Waals surface area contributed by atoms with Crippen LogP contribution in [0, 0.1) is 0 Å². The van der Waals surface area contributed by atoms with Gasteiger partial charge in [-0.2, -0.15) is 4.68 Å². The second-order valence-corrected chi connectivity index (χ2v) is 7.77. The Morgan fingerprint density at radius 1 is 0.912 bits per heavy atom. The number of ether oxygens (including phenoxy) is 2. The second-order valence-electron chi connectivity index (χ2n) is 7.77. The van der Waals surface area contributed by atoms with Crippen molar-refractivity contribution in [2.24, 2.45) is 0 Å². The molecule has 0 atom stereocenters. The number of benzene rings is 2. The fourth-order valence-electron chi connectivity index (χ4n) is 3.91. The molecule has 0 radical (unpaired) electrons. The smallest absolute Gasteiger partial charge is 0.260 e. The van der Waals surface area contributed by atoms with E-state index >= 15 is 0 Å². The van der Waals surface area contributed by atoms with Gasteiger partial charge in [0.25, 0.3) is 5.91 Å². The molecule has 174 valence electrons. The third-order valence-corrected chi connectivity index (χ3v) is 5.65. The summed E-state index contributed by atoms with van der Waals surface area (Å²) in [4.78, 5) is 25.4. The molecule has 1 fully saturated rings. The lowest BCUT2D eigenvalue weighted by Crippen LogP contribution is -2.50. The molecule has 34 heavy (non-hydrogen) atoms. The van der Waals surface area contributed by atoms with E-state index in [0.717, 1.165) is 17.3 Å². The Bertz CT molecular complexity index is 1250. The summed E-state index contributed by atoms with van der Waals surface area (Å²) in [7, 11) is 0. The minimum Gasteiger partial charge on any atom is -0.494 e. The van der Waals surface area contributed by atoms with E-state index in [2.05, 4.69) is 25.2 Å². The molecule has 4 aromatic rings. The molecule has 10 nitrogen and oxygen atoms in total. The minimum atomic E-state index is -0.0450. The van der Waals surface area contributed by atoms with E-state index < -0.39 is 0 Å². The van der Waals surface area contributed by atoms with E-state index in [1.54, 1.807) is 16.8 Å². The highest BCUT2D eigenvalue weighted by molar-refractivity contribution is 5.84. The third kappa shape index (κ3) is 4.47. The predicted molar refractivity (Wildman–Crippen MR) is 126 cm³/mol. The van der Waals surface area contributed by atoms with Crippen LogP contribution < -0.4 is 14.4 Å². The predicted octanol–water partition coefficient (Wildman–Crippen LogP) is 2.34. The van der Waals surface area contributed by atoms with Crippen LogP contribution in [0.5, 0.6) is 11.5 Å². The average molecular weight is 460 g/mol. The molecule has 0 spiro atoms. The van der Waals surface area contributed by atoms with Crippen molar-refractivity contribution in [3.63, 3.8) is 0 Å². The first-order valence-corrected chi connectivity index (χ1v) is 11.2. The topological polar surface area (TPSA) is 98.5 Å². The summed E-state index contributed by atoms with van der Waals surface area (Å²) in [6, 6.07) is 17.0. The number of hydrogen-bond donors (Lipinski definition) is 0. The number of fused-ring (bicyclic) bond motifs is 1. The van der Waals surface area contributed by atoms with Gasteiger partial charge in [0.15, 0.2) is 23.6 Å². The zero-order valence-corrected chi connectivity index (χ0v) is 18.9. The summed E-state index contributed by atoms with van der Waals surface area (Å²) < 4.78 is 12.8. The number of aromatic nitrogens is 5. The zero-order chi connectivity index (χ0) is 23.3. The summed E-state index contributed by atoms with van der Waals surface area (Å²) >= 11 is 0. The van der Waals surface area contributed by atoms with E-state index in [9.17, 15) is 4.79 Å². The van der Waals surface area contributed by atoms with Gasteiger partial charge in [-0.3, -0.25) is 4.79 Å². The fourth-order valence-corrected chi connectivity index (χ4v) is 3.91. The van der Waals surface area contributed by atoms with Gasteiger partial charge in [-0.05, 0) is 43.3 Å². The maximum absolute atomic E-state index is 12.7. The molecule has 1 aliphatic heterocycles. The van der Waals surface area contributed by atoms with Crippen molar-refractivity contribution >= 4 is 22.9 Å². The Hall–Kier alpha value is -4.21. The molecule has 0 unspecified atom stereocenters. The highest BCUT2D eigenvalue weighted by Gasteiger charge is 2.25. The van der Waals surface area contributed by atoms with Gasteiger partial charge in [0.1, 0.15) is 17.8 Å². The van der Waals surface area contributed by atoms with Crippen LogP contribution >= 0.6 is 0 Å². The molecule has 0 bridgehead atoms. The van der Waals surface area contributed by atoms with Crippen molar-refractivity contribution in [2.75, 3.05) is 44.3 Å². The highest BCUT2D eigenvalue weighted by Crippen LogP contribution is 2.24. The molecule has 1 aliphatic rings. The maximum atomic E-state index is 12.7. The van der Waals surface area contributed by atoms with E-state index in [1.807, 2.05) is 54.3 Å². The second kappa shape index (κ2) is 9.74. The lowest BCUT2D eigenvalue weighted by atomic mass is 10.3. The van der Waals surface area contributed by atoms with Gasteiger partial charge in [0, 0.05) is 26.2 Å². The lowest BCUT2D eigenvalue weighted by Gasteiger charge is -2.35. The van der Waals surface area contributed by atoms with Gasteiger partial charge in [0.2, 0.25) is 0 Å². The molecule has 3 heterocycles. The van der Waals surface area contributed by atoms with Crippen LogP contribution in [0.2, 0.25) is 0 Å². The zero-order valence-electron chi connectivity index (χ0n) is 18.9. The Morgan fingerprint density at radius 3 is 2.32 bits per heavy atom. The van der Waals surface area contributed by atoms with Crippen molar-refractivity contribution in [3.05, 3.63) is 60.9 Å². The number of nitrogens with zero attached hydrogens (tertiary/aromatic N) is 7. The number of piperazine rings is 1. The van der Waals surface area contributed by atoms with Gasteiger partial charge in [-0.15, -0.1) is 5.10 Å². The summed E-state index contributed by atoms with van der Waals surface area (Å²) in [5.74, 6) is 2.10. The Kier molecular flexibility index (Phi) is 6.19. The largest absolute Gasteiger partial charge is 0.494 e. The number of anilines is 1. The van der Waals surface area contributed by atoms with Crippen LogP contribution in [0.4, 0.5) is 5.82 Å². The molecule has 0 aliphatic carbocycles. The maximum Gasteiger partial charge on any atom is 0.260 e. The van der Waals surface area contributed by atoms with Crippen molar-refractivity contribution < 1.29 is 14.3 Å². The number of carbonyl (C=O) groups is 1. The Labute approximate surface area is 196 Å². The number of rotatable bonds is 7. The summed E-state index contributed by atoms with van der Waals surface area (Å²) in [5, 5.41) is 8.62. The standard InChI is InChI=1S/C24H25N7O3/c1-2-33-19-8-10-20(11-9-19)34-16-21(32)29-12-14-30(15-13-29)23-22-24(26-17-25-23)31(28-27-22)18-6-4-3-5-7-18/h3-11,17H,2,12-16H2,1H3. The lowest BCUT2D eigenvalue weighted by molar-refractivity contribution is -0.133. The van der Waals surface area contributed by atoms with E-state index in [4.69, 9.17) is 9.47 Å². The Morgan fingerprint density at radius 2 is 1.62 bits per heavy atom. The summed E-state index contributed by atoms with van der Waals surface area (Å²) in [5.41, 5.74) is 2.18. The van der Waals surface area contributed by atoms with Crippen LogP contribution in [0.3, 0.4) is 0 Å². The average Bonchev–Trinajstić information content (AvgIpc) is 3.33. The minimum absolute atomic E-state index is 0.00284. The van der Waals surface area contributed by atoms with Crippen LogP contribution in [-0.2, 0) is 4.79 Å². The normalized spacial score (nSPS) is 13.8. The number of hydrogen-bond acceptors (Lipinski definition) is 8. The van der Waals surface area contributed by atoms with Crippen LogP contribution in [-0.4, -0.2) is 75.2 Å². The van der Waals surface area contributed by atoms with E-state index in [-0.39, 0.29) is 12.5 Å². The molecule has 10 heteroatoms. The van der Waals surface area contributed by atoms with Gasteiger partial charge >= 0.3 is 0 Å². The molecule has 2 aromatic carbocycles. The van der Waals surface area contributed by atoms with E-state index in [0.29, 0.717) is 49.7 Å². The van der Waals surface area contributed by atoms with Crippen molar-refractivity contribution in [2.45, 2.75) is 6.92 Å². The molecule has 0 N–H and O–H groups in total. The quantitative estimate of drug-likeness (QED) is 0.415. The third-order valence-electron chi connectivity index (χ3n) is 5.65. The molecule has 1 saturated heterocycles. The molecular weight excluding hydrogens is 434 g/mol. The fraction of sp³-hybridized carbons (Fsp3) is 0.292. The highest BCUT2D eigenvalue weighted by atomic mass is 16.5. The van der Waals surface area contributed by atoms with Gasteiger partial charge in [-0.25, -0.2) is 9.97 Å². The molecule has 1 amide bonds. The SMILES string of the molecule is CCOc1ccc(OCC(=O)N2CCN(c3ncnc4c3nnn4-c3ccccc3)CC2)cc1. The molecule has 0 saturated carbocycles. The Balaban J connectivity index is 1.20. The van der Waals surface area contributed by atoms with Gasteiger partial charge in [-0.1, -0.05) is 23.4 Å². The number of amides is 1.